The van der Waals surface area contributed by atoms with Gasteiger partial charge in [0.25, 0.3) is 0 Å². The van der Waals surface area contributed by atoms with Crippen molar-refractivity contribution in [3.05, 3.63) is 0 Å². The molecule has 3 nitrogen and oxygen atoms in total. The van der Waals surface area contributed by atoms with E-state index in [4.69, 9.17) is 4.74 Å². The zero-order chi connectivity index (χ0) is 8.97. The highest BCUT2D eigenvalue weighted by molar-refractivity contribution is 14.1. The number of piperidine rings is 1. The van der Waals surface area contributed by atoms with Crippen LogP contribution in [-0.2, 0) is 4.74 Å². The van der Waals surface area contributed by atoms with Crippen molar-refractivity contribution in [3.8, 4) is 0 Å². The third-order valence-corrected chi connectivity index (χ3v) is 3.20. The van der Waals surface area contributed by atoms with Crippen molar-refractivity contribution in [2.45, 2.75) is 23.7 Å². The number of carbonyl (C=O) groups is 1. The maximum atomic E-state index is 11.2. The first kappa shape index (κ1) is 10.1. The van der Waals surface area contributed by atoms with Gasteiger partial charge in [0, 0.05) is 17.0 Å². The Bertz CT molecular complexity index is 155. The lowest BCUT2D eigenvalue weighted by atomic mass is 10.1. The minimum absolute atomic E-state index is 0.152. The molecule has 1 amide bonds. The zero-order valence-corrected chi connectivity index (χ0v) is 9.41. The second kappa shape index (κ2) is 4.89. The summed E-state index contributed by atoms with van der Waals surface area (Å²) in [5, 5.41) is 0. The highest BCUT2D eigenvalue weighted by Gasteiger charge is 2.21. The summed E-state index contributed by atoms with van der Waals surface area (Å²) >= 11 is 2.43. The van der Waals surface area contributed by atoms with E-state index in [9.17, 15) is 4.79 Å². The van der Waals surface area contributed by atoms with Crippen LogP contribution in [0.15, 0.2) is 0 Å². The molecular formula is C8H14INO2. The summed E-state index contributed by atoms with van der Waals surface area (Å²) in [7, 11) is 0. The summed E-state index contributed by atoms with van der Waals surface area (Å²) < 4.78 is 5.63. The molecule has 0 saturated carbocycles. The molecule has 0 bridgehead atoms. The van der Waals surface area contributed by atoms with Gasteiger partial charge in [0.2, 0.25) is 0 Å². The van der Waals surface area contributed by atoms with E-state index in [1.54, 1.807) is 4.90 Å². The van der Waals surface area contributed by atoms with E-state index in [1.807, 2.05) is 6.92 Å². The third-order valence-electron chi connectivity index (χ3n) is 1.95. The number of halogens is 1. The van der Waals surface area contributed by atoms with Crippen LogP contribution in [0.1, 0.15) is 19.8 Å². The van der Waals surface area contributed by atoms with E-state index in [0.29, 0.717) is 6.61 Å². The Hall–Kier alpha value is 0. The molecule has 0 aliphatic carbocycles. The first-order chi connectivity index (χ1) is 5.74. The molecule has 1 fully saturated rings. The number of carbonyl (C=O) groups excluding carboxylic acids is 1. The molecule has 1 aliphatic heterocycles. The van der Waals surface area contributed by atoms with Gasteiger partial charge in [0.05, 0.1) is 6.61 Å². The highest BCUT2D eigenvalue weighted by Crippen LogP contribution is 2.18. The topological polar surface area (TPSA) is 29.5 Å². The Kier molecular flexibility index (Phi) is 4.11. The van der Waals surface area contributed by atoms with Crippen LogP contribution in [0.5, 0.6) is 0 Å². The molecular weight excluding hydrogens is 269 g/mol. The second-order valence-electron chi connectivity index (χ2n) is 2.86. The fourth-order valence-corrected chi connectivity index (χ4v) is 1.80. The molecule has 0 N–H and O–H groups in total. The van der Waals surface area contributed by atoms with Gasteiger partial charge < -0.3 is 9.64 Å². The predicted octanol–water partition coefficient (Wildman–Crippen LogP) is 2.04. The number of amides is 1. The number of likely N-dealkylation sites (tertiary alicyclic amines) is 1. The molecule has 1 saturated heterocycles. The molecule has 0 aromatic carbocycles. The van der Waals surface area contributed by atoms with E-state index in [-0.39, 0.29) is 6.09 Å². The minimum Gasteiger partial charge on any atom is -0.450 e. The van der Waals surface area contributed by atoms with Crippen molar-refractivity contribution in [2.24, 2.45) is 0 Å². The first-order valence-corrected chi connectivity index (χ1v) is 5.54. The van der Waals surface area contributed by atoms with Gasteiger partial charge in [0.15, 0.2) is 0 Å². The van der Waals surface area contributed by atoms with Gasteiger partial charge in [-0.25, -0.2) is 4.79 Å². The van der Waals surface area contributed by atoms with Crippen LogP contribution in [-0.4, -0.2) is 34.6 Å². The predicted molar refractivity (Wildman–Crippen MR) is 55.6 cm³/mol. The molecule has 0 aromatic heterocycles. The van der Waals surface area contributed by atoms with Gasteiger partial charge >= 0.3 is 6.09 Å². The number of ether oxygens (including phenoxy) is 1. The monoisotopic (exact) mass is 283 g/mol. The number of hydrogen-bond donors (Lipinski definition) is 0. The summed E-state index contributed by atoms with van der Waals surface area (Å²) in [6.45, 7) is 4.02. The van der Waals surface area contributed by atoms with Gasteiger partial charge in [-0.2, -0.15) is 0 Å². The SMILES string of the molecule is CCOC(=O)N1CCC(I)CC1. The van der Waals surface area contributed by atoms with Crippen molar-refractivity contribution >= 4 is 28.7 Å². The quantitative estimate of drug-likeness (QED) is 0.544. The van der Waals surface area contributed by atoms with Crippen LogP contribution >= 0.6 is 22.6 Å². The second-order valence-corrected chi connectivity index (χ2v) is 4.62. The molecule has 1 aliphatic rings. The Morgan fingerprint density at radius 2 is 2.17 bits per heavy atom. The highest BCUT2D eigenvalue weighted by atomic mass is 127. The number of alkyl halides is 1. The van der Waals surface area contributed by atoms with Crippen molar-refractivity contribution in [1.82, 2.24) is 4.90 Å². The van der Waals surface area contributed by atoms with Crippen LogP contribution in [0.2, 0.25) is 0 Å². The lowest BCUT2D eigenvalue weighted by Gasteiger charge is -2.28. The van der Waals surface area contributed by atoms with Crippen LogP contribution in [0.4, 0.5) is 4.79 Å². The maximum Gasteiger partial charge on any atom is 0.409 e. The van der Waals surface area contributed by atoms with Gasteiger partial charge in [0.1, 0.15) is 0 Å². The number of rotatable bonds is 1. The zero-order valence-electron chi connectivity index (χ0n) is 7.25. The van der Waals surface area contributed by atoms with E-state index < -0.39 is 0 Å². The smallest absolute Gasteiger partial charge is 0.409 e. The Morgan fingerprint density at radius 1 is 1.58 bits per heavy atom. The van der Waals surface area contributed by atoms with Crippen molar-refractivity contribution in [1.29, 1.82) is 0 Å². The van der Waals surface area contributed by atoms with Crippen LogP contribution in [0, 0.1) is 0 Å². The molecule has 12 heavy (non-hydrogen) atoms. The summed E-state index contributed by atoms with van der Waals surface area (Å²) in [6, 6.07) is 0. The average Bonchev–Trinajstić information content (AvgIpc) is 2.06. The van der Waals surface area contributed by atoms with E-state index in [2.05, 4.69) is 22.6 Å². The molecule has 1 rings (SSSR count). The summed E-state index contributed by atoms with van der Waals surface area (Å²) in [5.74, 6) is 0. The standard InChI is InChI=1S/C8H14INO2/c1-2-12-8(11)10-5-3-7(9)4-6-10/h7H,2-6H2,1H3. The van der Waals surface area contributed by atoms with Gasteiger partial charge in [-0.15, -0.1) is 0 Å². The molecule has 70 valence electrons. The fourth-order valence-electron chi connectivity index (χ4n) is 1.25. The largest absolute Gasteiger partial charge is 0.450 e. The van der Waals surface area contributed by atoms with Crippen LogP contribution in [0.25, 0.3) is 0 Å². The van der Waals surface area contributed by atoms with Crippen molar-refractivity contribution in [2.75, 3.05) is 19.7 Å². The average molecular weight is 283 g/mol. The maximum absolute atomic E-state index is 11.2. The Morgan fingerprint density at radius 3 is 2.67 bits per heavy atom. The lowest BCUT2D eigenvalue weighted by Crippen LogP contribution is -2.38. The summed E-state index contributed by atoms with van der Waals surface area (Å²) in [4.78, 5) is 13.0. The summed E-state index contributed by atoms with van der Waals surface area (Å²) in [6.07, 6.45) is 2.04. The molecule has 4 heteroatoms. The van der Waals surface area contributed by atoms with Gasteiger partial charge in [-0.3, -0.25) is 0 Å². The molecule has 1 heterocycles. The van der Waals surface area contributed by atoms with Crippen molar-refractivity contribution in [3.63, 3.8) is 0 Å². The molecule has 0 aromatic rings. The van der Waals surface area contributed by atoms with E-state index in [0.717, 1.165) is 29.9 Å². The van der Waals surface area contributed by atoms with Crippen LogP contribution in [0.3, 0.4) is 0 Å². The molecule has 0 atom stereocenters. The summed E-state index contributed by atoms with van der Waals surface area (Å²) in [5.41, 5.74) is 0. The van der Waals surface area contributed by atoms with Gasteiger partial charge in [-0.1, -0.05) is 22.6 Å². The molecule has 0 spiro atoms. The lowest BCUT2D eigenvalue weighted by molar-refractivity contribution is 0.101. The normalized spacial score (nSPS) is 19.3. The Labute approximate surface area is 86.6 Å². The molecule has 0 radical (unpaired) electrons. The van der Waals surface area contributed by atoms with E-state index in [1.165, 1.54) is 0 Å². The first-order valence-electron chi connectivity index (χ1n) is 4.29. The van der Waals surface area contributed by atoms with Crippen LogP contribution < -0.4 is 0 Å². The minimum atomic E-state index is -0.152. The van der Waals surface area contributed by atoms with Gasteiger partial charge in [-0.05, 0) is 19.8 Å². The van der Waals surface area contributed by atoms with E-state index >= 15 is 0 Å². The fraction of sp³-hybridized carbons (Fsp3) is 0.875. The molecule has 0 unspecified atom stereocenters. The number of hydrogen-bond acceptors (Lipinski definition) is 2. The third kappa shape index (κ3) is 2.80. The Balaban J connectivity index is 2.29. The number of nitrogens with zero attached hydrogens (tertiary/aromatic N) is 1. The van der Waals surface area contributed by atoms with Crippen molar-refractivity contribution < 1.29 is 9.53 Å².